The van der Waals surface area contributed by atoms with Crippen LogP contribution in [0.15, 0.2) is 12.4 Å². The average molecular weight is 173 g/mol. The van der Waals surface area contributed by atoms with Gasteiger partial charge in [0.25, 0.3) is 0 Å². The SMILES string of the molecule is Cn1ccnc1C(=O)CCCl. The zero-order valence-electron chi connectivity index (χ0n) is 6.25. The highest BCUT2D eigenvalue weighted by molar-refractivity contribution is 6.19. The molecule has 0 spiro atoms. The van der Waals surface area contributed by atoms with Gasteiger partial charge < -0.3 is 4.57 Å². The third-order valence-corrected chi connectivity index (χ3v) is 1.58. The molecule has 0 unspecified atom stereocenters. The summed E-state index contributed by atoms with van der Waals surface area (Å²) in [4.78, 5) is 15.0. The number of carbonyl (C=O) groups excluding carboxylic acids is 1. The molecule has 0 atom stereocenters. The van der Waals surface area contributed by atoms with Gasteiger partial charge in [-0.05, 0) is 0 Å². The lowest BCUT2D eigenvalue weighted by Crippen LogP contribution is -2.07. The van der Waals surface area contributed by atoms with Crippen LogP contribution in [0.25, 0.3) is 0 Å². The molecule has 3 nitrogen and oxygen atoms in total. The minimum atomic E-state index is -0.00694. The largest absolute Gasteiger partial charge is 0.332 e. The molecule has 0 aliphatic carbocycles. The van der Waals surface area contributed by atoms with Crippen LogP contribution in [0.4, 0.5) is 0 Å². The standard InChI is InChI=1S/C7H9ClN2O/c1-10-5-4-9-7(10)6(11)2-3-8/h4-5H,2-3H2,1H3. The molecule has 1 rings (SSSR count). The Bertz CT molecular complexity index is 257. The predicted octanol–water partition coefficient (Wildman–Crippen LogP) is 1.23. The summed E-state index contributed by atoms with van der Waals surface area (Å²) < 4.78 is 1.69. The Morgan fingerprint density at radius 3 is 3.00 bits per heavy atom. The number of alkyl halides is 1. The van der Waals surface area contributed by atoms with Crippen molar-refractivity contribution in [2.75, 3.05) is 5.88 Å². The van der Waals surface area contributed by atoms with Crippen molar-refractivity contribution in [3.8, 4) is 0 Å². The second kappa shape index (κ2) is 3.53. The third-order valence-electron chi connectivity index (χ3n) is 1.39. The number of Topliss-reactive ketones (excluding diaryl/α,β-unsaturated/α-hetero) is 1. The van der Waals surface area contributed by atoms with Crippen molar-refractivity contribution in [1.29, 1.82) is 0 Å². The van der Waals surface area contributed by atoms with Crippen molar-refractivity contribution < 1.29 is 4.79 Å². The Kier molecular flexibility index (Phi) is 2.65. The van der Waals surface area contributed by atoms with Crippen LogP contribution in [0.1, 0.15) is 17.0 Å². The summed E-state index contributed by atoms with van der Waals surface area (Å²) in [6, 6.07) is 0. The van der Waals surface area contributed by atoms with Gasteiger partial charge in [0.1, 0.15) is 0 Å². The van der Waals surface area contributed by atoms with Gasteiger partial charge >= 0.3 is 0 Å². The molecular formula is C7H9ClN2O. The zero-order chi connectivity index (χ0) is 8.27. The molecule has 0 saturated carbocycles. The van der Waals surface area contributed by atoms with Gasteiger partial charge in [-0.1, -0.05) is 0 Å². The van der Waals surface area contributed by atoms with E-state index < -0.39 is 0 Å². The summed E-state index contributed by atoms with van der Waals surface area (Å²) in [6.45, 7) is 0. The molecule has 60 valence electrons. The highest BCUT2D eigenvalue weighted by atomic mass is 35.5. The van der Waals surface area contributed by atoms with E-state index in [2.05, 4.69) is 4.98 Å². The maximum atomic E-state index is 11.2. The fraction of sp³-hybridized carbons (Fsp3) is 0.429. The number of aryl methyl sites for hydroxylation is 1. The van der Waals surface area contributed by atoms with Crippen LogP contribution < -0.4 is 0 Å². The van der Waals surface area contributed by atoms with E-state index in [0.717, 1.165) is 0 Å². The summed E-state index contributed by atoms with van der Waals surface area (Å²) in [5.41, 5.74) is 0. The van der Waals surface area contributed by atoms with Gasteiger partial charge in [0, 0.05) is 31.7 Å². The van der Waals surface area contributed by atoms with E-state index in [9.17, 15) is 4.79 Å². The second-order valence-electron chi connectivity index (χ2n) is 2.22. The van der Waals surface area contributed by atoms with Gasteiger partial charge in [0.2, 0.25) is 0 Å². The van der Waals surface area contributed by atoms with Crippen molar-refractivity contribution in [3.63, 3.8) is 0 Å². The molecule has 0 N–H and O–H groups in total. The van der Waals surface area contributed by atoms with Gasteiger partial charge in [0.15, 0.2) is 11.6 Å². The molecule has 0 fully saturated rings. The molecule has 1 aromatic heterocycles. The van der Waals surface area contributed by atoms with E-state index in [1.165, 1.54) is 0 Å². The summed E-state index contributed by atoms with van der Waals surface area (Å²) >= 11 is 5.41. The lowest BCUT2D eigenvalue weighted by Gasteiger charge is -1.96. The molecule has 0 amide bonds. The minimum absolute atomic E-state index is 0.00694. The van der Waals surface area contributed by atoms with Crippen LogP contribution in [-0.4, -0.2) is 21.2 Å². The van der Waals surface area contributed by atoms with E-state index in [4.69, 9.17) is 11.6 Å². The third kappa shape index (κ3) is 1.80. The number of nitrogens with zero attached hydrogens (tertiary/aromatic N) is 2. The average Bonchev–Trinajstić information content (AvgIpc) is 2.36. The fourth-order valence-corrected chi connectivity index (χ4v) is 1.00. The topological polar surface area (TPSA) is 34.9 Å². The molecule has 0 aliphatic rings. The van der Waals surface area contributed by atoms with Crippen LogP contribution in [0.5, 0.6) is 0 Å². The predicted molar refractivity (Wildman–Crippen MR) is 42.9 cm³/mol. The van der Waals surface area contributed by atoms with Gasteiger partial charge in [-0.15, -0.1) is 11.6 Å². The van der Waals surface area contributed by atoms with Gasteiger partial charge in [-0.3, -0.25) is 4.79 Å². The lowest BCUT2D eigenvalue weighted by molar-refractivity contribution is 0.0976. The molecule has 1 heterocycles. The molecule has 0 aliphatic heterocycles. The minimum Gasteiger partial charge on any atom is -0.332 e. The first kappa shape index (κ1) is 8.27. The highest BCUT2D eigenvalue weighted by Crippen LogP contribution is 1.99. The first-order valence-corrected chi connectivity index (χ1v) is 3.85. The van der Waals surface area contributed by atoms with E-state index >= 15 is 0 Å². The Labute approximate surface area is 70.0 Å². The summed E-state index contributed by atoms with van der Waals surface area (Å²) in [6.07, 6.45) is 3.69. The maximum Gasteiger partial charge on any atom is 0.199 e. The number of aromatic nitrogens is 2. The molecule has 0 bridgehead atoms. The molecular weight excluding hydrogens is 164 g/mol. The Morgan fingerprint density at radius 2 is 2.55 bits per heavy atom. The number of hydrogen-bond acceptors (Lipinski definition) is 2. The molecule has 0 radical (unpaired) electrons. The van der Waals surface area contributed by atoms with E-state index in [1.807, 2.05) is 0 Å². The molecule has 11 heavy (non-hydrogen) atoms. The Morgan fingerprint density at radius 1 is 1.82 bits per heavy atom. The van der Waals surface area contributed by atoms with Crippen molar-refractivity contribution in [1.82, 2.24) is 9.55 Å². The van der Waals surface area contributed by atoms with Crippen molar-refractivity contribution in [3.05, 3.63) is 18.2 Å². The van der Waals surface area contributed by atoms with Crippen molar-refractivity contribution >= 4 is 17.4 Å². The maximum absolute atomic E-state index is 11.2. The monoisotopic (exact) mass is 172 g/mol. The molecule has 1 aromatic rings. The number of ketones is 1. The van der Waals surface area contributed by atoms with Crippen LogP contribution in [-0.2, 0) is 7.05 Å². The number of hydrogen-bond donors (Lipinski definition) is 0. The molecule has 0 saturated heterocycles. The summed E-state index contributed by atoms with van der Waals surface area (Å²) in [7, 11) is 1.79. The quantitative estimate of drug-likeness (QED) is 0.508. The second-order valence-corrected chi connectivity index (χ2v) is 2.60. The number of imidazole rings is 1. The van der Waals surface area contributed by atoms with Gasteiger partial charge in [-0.25, -0.2) is 4.98 Å². The summed E-state index contributed by atoms with van der Waals surface area (Å²) in [5, 5.41) is 0. The highest BCUT2D eigenvalue weighted by Gasteiger charge is 2.08. The van der Waals surface area contributed by atoms with E-state index in [0.29, 0.717) is 18.1 Å². The smallest absolute Gasteiger partial charge is 0.199 e. The van der Waals surface area contributed by atoms with Crippen LogP contribution >= 0.6 is 11.6 Å². The molecule has 0 aromatic carbocycles. The zero-order valence-corrected chi connectivity index (χ0v) is 7.01. The molecule has 4 heteroatoms. The van der Waals surface area contributed by atoms with Gasteiger partial charge in [0.05, 0.1) is 0 Å². The first-order valence-electron chi connectivity index (χ1n) is 3.32. The normalized spacial score (nSPS) is 10.0. The van der Waals surface area contributed by atoms with Gasteiger partial charge in [-0.2, -0.15) is 0 Å². The van der Waals surface area contributed by atoms with Crippen LogP contribution in [0, 0.1) is 0 Å². The van der Waals surface area contributed by atoms with E-state index in [-0.39, 0.29) is 5.78 Å². The summed E-state index contributed by atoms with van der Waals surface area (Å²) in [5.74, 6) is 0.823. The van der Waals surface area contributed by atoms with Crippen molar-refractivity contribution in [2.24, 2.45) is 7.05 Å². The number of rotatable bonds is 3. The van der Waals surface area contributed by atoms with Crippen molar-refractivity contribution in [2.45, 2.75) is 6.42 Å². The Hall–Kier alpha value is -0.830. The van der Waals surface area contributed by atoms with E-state index in [1.54, 1.807) is 24.0 Å². The van der Waals surface area contributed by atoms with Crippen LogP contribution in [0.3, 0.4) is 0 Å². The Balaban J connectivity index is 2.76. The number of carbonyl (C=O) groups is 1. The lowest BCUT2D eigenvalue weighted by atomic mass is 10.3. The first-order chi connectivity index (χ1) is 5.25. The fourth-order valence-electron chi connectivity index (χ4n) is 0.832. The van der Waals surface area contributed by atoms with Crippen LogP contribution in [0.2, 0.25) is 0 Å². The number of halogens is 1.